The van der Waals surface area contributed by atoms with Crippen LogP contribution in [0.2, 0.25) is 0 Å². The summed E-state index contributed by atoms with van der Waals surface area (Å²) in [5, 5.41) is 2.73. The number of amides is 2. The summed E-state index contributed by atoms with van der Waals surface area (Å²) < 4.78 is 40.5. The average Bonchev–Trinajstić information content (AvgIpc) is 3.09. The van der Waals surface area contributed by atoms with Crippen LogP contribution in [0.1, 0.15) is 45.1 Å². The number of benzene rings is 1. The molecule has 1 atom stereocenters. The number of halogens is 3. The van der Waals surface area contributed by atoms with E-state index in [0.29, 0.717) is 11.4 Å². The number of nitrogens with one attached hydrogen (secondary N) is 1. The highest BCUT2D eigenvalue weighted by molar-refractivity contribution is 6.16. The Balaban J connectivity index is 1.69. The van der Waals surface area contributed by atoms with Crippen LogP contribution in [0.4, 0.5) is 24.5 Å². The van der Waals surface area contributed by atoms with Crippen molar-refractivity contribution in [2.24, 2.45) is 0 Å². The van der Waals surface area contributed by atoms with Gasteiger partial charge in [0.25, 0.3) is 11.8 Å². The molecule has 0 saturated heterocycles. The Morgan fingerprint density at radius 2 is 1.90 bits per heavy atom. The number of rotatable bonds is 3. The molecule has 0 unspecified atom stereocenters. The van der Waals surface area contributed by atoms with E-state index in [1.807, 2.05) is 13.8 Å². The largest absolute Gasteiger partial charge is 0.416 e. The number of alkyl halides is 3. The number of carbonyl (C=O) groups excluding carboxylic acids is 2. The Kier molecular flexibility index (Phi) is 5.04. The molecule has 6 nitrogen and oxygen atoms in total. The number of anilines is 2. The molecule has 2 amide bonds. The van der Waals surface area contributed by atoms with Crippen LogP contribution in [-0.4, -0.2) is 27.9 Å². The number of pyridine rings is 1. The van der Waals surface area contributed by atoms with Crippen LogP contribution < -0.4 is 10.2 Å². The molecule has 3 aromatic rings. The maximum Gasteiger partial charge on any atom is 0.416 e. The predicted octanol–water partition coefficient (Wildman–Crippen LogP) is 4.68. The third-order valence-corrected chi connectivity index (χ3v) is 5.23. The van der Waals surface area contributed by atoms with Crippen molar-refractivity contribution in [3.05, 3.63) is 77.4 Å². The van der Waals surface area contributed by atoms with Gasteiger partial charge < -0.3 is 14.8 Å². The second-order valence-corrected chi connectivity index (χ2v) is 7.42. The van der Waals surface area contributed by atoms with Crippen LogP contribution in [0, 0.1) is 6.92 Å². The van der Waals surface area contributed by atoms with E-state index in [0.717, 1.165) is 17.8 Å². The van der Waals surface area contributed by atoms with Crippen molar-refractivity contribution >= 4 is 23.2 Å². The van der Waals surface area contributed by atoms with Gasteiger partial charge in [0.1, 0.15) is 5.69 Å². The molecule has 160 valence electrons. The SMILES string of the molecule is Cc1cc(C(=O)Nc2cccnc2)c2n1[C@@H](C)CN(c1ccc(C(F)(F)F)cc1)C2=O. The molecule has 0 aliphatic carbocycles. The highest BCUT2D eigenvalue weighted by Gasteiger charge is 2.36. The standard InChI is InChI=1S/C22H19F3N4O2/c1-13-10-18(20(30)27-16-4-3-9-26-11-16)19-21(31)28(12-14(2)29(13)19)17-7-5-15(6-8-17)22(23,24)25/h3-11,14H,12H2,1-2H3,(H,27,30)/t14-/m0/s1. The quantitative estimate of drug-likeness (QED) is 0.659. The minimum Gasteiger partial charge on any atom is -0.336 e. The van der Waals surface area contributed by atoms with Gasteiger partial charge in [-0.2, -0.15) is 13.2 Å². The van der Waals surface area contributed by atoms with E-state index in [2.05, 4.69) is 10.3 Å². The summed E-state index contributed by atoms with van der Waals surface area (Å²) in [6.07, 6.45) is -1.39. The third kappa shape index (κ3) is 3.78. The van der Waals surface area contributed by atoms with Crippen LogP contribution in [0.15, 0.2) is 54.9 Å². The van der Waals surface area contributed by atoms with Gasteiger partial charge in [-0.15, -0.1) is 0 Å². The van der Waals surface area contributed by atoms with E-state index in [1.54, 1.807) is 29.0 Å². The zero-order chi connectivity index (χ0) is 22.3. The highest BCUT2D eigenvalue weighted by Crippen LogP contribution is 2.34. The first kappa shape index (κ1) is 20.6. The molecule has 9 heteroatoms. The molecule has 3 heterocycles. The van der Waals surface area contributed by atoms with Crippen molar-refractivity contribution in [1.29, 1.82) is 0 Å². The van der Waals surface area contributed by atoms with Gasteiger partial charge in [-0.25, -0.2) is 0 Å². The van der Waals surface area contributed by atoms with Crippen molar-refractivity contribution in [3.8, 4) is 0 Å². The van der Waals surface area contributed by atoms with Crippen LogP contribution in [0.3, 0.4) is 0 Å². The summed E-state index contributed by atoms with van der Waals surface area (Å²) in [5.74, 6) is -0.901. The number of hydrogen-bond acceptors (Lipinski definition) is 3. The second kappa shape index (κ2) is 7.57. The molecule has 1 N–H and O–H groups in total. The van der Waals surface area contributed by atoms with Crippen molar-refractivity contribution < 1.29 is 22.8 Å². The number of aryl methyl sites for hydroxylation is 1. The molecule has 4 rings (SSSR count). The summed E-state index contributed by atoms with van der Waals surface area (Å²) in [7, 11) is 0. The lowest BCUT2D eigenvalue weighted by Crippen LogP contribution is -2.43. The maximum absolute atomic E-state index is 13.3. The fraction of sp³-hybridized carbons (Fsp3) is 0.227. The van der Waals surface area contributed by atoms with E-state index < -0.39 is 23.6 Å². The topological polar surface area (TPSA) is 67.2 Å². The molecular weight excluding hydrogens is 409 g/mol. The van der Waals surface area contributed by atoms with Crippen molar-refractivity contribution in [1.82, 2.24) is 9.55 Å². The molecule has 1 aliphatic rings. The summed E-state index contributed by atoms with van der Waals surface area (Å²) in [4.78, 5) is 31.6. The lowest BCUT2D eigenvalue weighted by Gasteiger charge is -2.34. The average molecular weight is 428 g/mol. The Bertz CT molecular complexity index is 1140. The first-order valence-corrected chi connectivity index (χ1v) is 9.59. The molecule has 0 bridgehead atoms. The molecule has 0 radical (unpaired) electrons. The molecule has 0 saturated carbocycles. The predicted molar refractivity (Wildman–Crippen MR) is 109 cm³/mol. The normalized spacial score (nSPS) is 16.2. The van der Waals surface area contributed by atoms with Crippen LogP contribution in [0.25, 0.3) is 0 Å². The molecule has 1 aliphatic heterocycles. The van der Waals surface area contributed by atoms with E-state index in [4.69, 9.17) is 0 Å². The molecule has 31 heavy (non-hydrogen) atoms. The first-order chi connectivity index (χ1) is 14.7. The molecule has 0 fully saturated rings. The second-order valence-electron chi connectivity index (χ2n) is 7.42. The minimum absolute atomic E-state index is 0.171. The first-order valence-electron chi connectivity index (χ1n) is 9.59. The maximum atomic E-state index is 13.3. The Hall–Kier alpha value is -3.62. The fourth-order valence-corrected chi connectivity index (χ4v) is 3.86. The summed E-state index contributed by atoms with van der Waals surface area (Å²) in [6, 6.07) is 9.27. The van der Waals surface area contributed by atoms with Gasteiger partial charge in [0.2, 0.25) is 0 Å². The number of fused-ring (bicyclic) bond motifs is 1. The smallest absolute Gasteiger partial charge is 0.336 e. The summed E-state index contributed by atoms with van der Waals surface area (Å²) in [5.41, 5.74) is 1.20. The Morgan fingerprint density at radius 3 is 2.52 bits per heavy atom. The molecule has 1 aromatic carbocycles. The van der Waals surface area contributed by atoms with Gasteiger partial charge in [-0.05, 0) is 56.3 Å². The number of nitrogens with zero attached hydrogens (tertiary/aromatic N) is 3. The van der Waals surface area contributed by atoms with Gasteiger partial charge in [0.15, 0.2) is 0 Å². The lowest BCUT2D eigenvalue weighted by molar-refractivity contribution is -0.137. The zero-order valence-electron chi connectivity index (χ0n) is 16.8. The summed E-state index contributed by atoms with van der Waals surface area (Å²) in [6.45, 7) is 3.97. The van der Waals surface area contributed by atoms with E-state index in [9.17, 15) is 22.8 Å². The van der Waals surface area contributed by atoms with Gasteiger partial charge in [-0.3, -0.25) is 14.6 Å². The monoisotopic (exact) mass is 428 g/mol. The minimum atomic E-state index is -4.46. The van der Waals surface area contributed by atoms with Crippen molar-refractivity contribution in [3.63, 3.8) is 0 Å². The Morgan fingerprint density at radius 1 is 1.19 bits per heavy atom. The zero-order valence-corrected chi connectivity index (χ0v) is 16.8. The van der Waals surface area contributed by atoms with Crippen LogP contribution in [0.5, 0.6) is 0 Å². The summed E-state index contributed by atoms with van der Waals surface area (Å²) >= 11 is 0. The van der Waals surface area contributed by atoms with Gasteiger partial charge in [-0.1, -0.05) is 0 Å². The fourth-order valence-electron chi connectivity index (χ4n) is 3.86. The number of hydrogen-bond donors (Lipinski definition) is 1. The number of carbonyl (C=O) groups is 2. The van der Waals surface area contributed by atoms with Gasteiger partial charge in [0, 0.05) is 30.2 Å². The number of aromatic nitrogens is 2. The van der Waals surface area contributed by atoms with Crippen LogP contribution >= 0.6 is 0 Å². The molecule has 2 aromatic heterocycles. The van der Waals surface area contributed by atoms with Crippen molar-refractivity contribution in [2.75, 3.05) is 16.8 Å². The molecular formula is C22H19F3N4O2. The highest BCUT2D eigenvalue weighted by atomic mass is 19.4. The third-order valence-electron chi connectivity index (χ3n) is 5.23. The van der Waals surface area contributed by atoms with E-state index in [-0.39, 0.29) is 23.8 Å². The Labute approximate surface area is 176 Å². The lowest BCUT2D eigenvalue weighted by atomic mass is 10.1. The van der Waals surface area contributed by atoms with Crippen LogP contribution in [-0.2, 0) is 6.18 Å². The van der Waals surface area contributed by atoms with Gasteiger partial charge in [0.05, 0.1) is 23.0 Å². The van der Waals surface area contributed by atoms with Crippen molar-refractivity contribution in [2.45, 2.75) is 26.1 Å². The van der Waals surface area contributed by atoms with E-state index >= 15 is 0 Å². The van der Waals surface area contributed by atoms with E-state index in [1.165, 1.54) is 23.2 Å². The molecule has 0 spiro atoms. The van der Waals surface area contributed by atoms with Gasteiger partial charge >= 0.3 is 6.18 Å².